The van der Waals surface area contributed by atoms with E-state index in [1.807, 2.05) is 27.0 Å². The van der Waals surface area contributed by atoms with E-state index in [0.29, 0.717) is 12.0 Å². The van der Waals surface area contributed by atoms with Gasteiger partial charge >= 0.3 is 5.97 Å². The molecule has 0 atom stereocenters. The Morgan fingerprint density at radius 2 is 2.26 bits per heavy atom. The van der Waals surface area contributed by atoms with Crippen LogP contribution in [0.2, 0.25) is 0 Å². The number of pyridine rings is 1. The zero-order valence-corrected chi connectivity index (χ0v) is 13.6. The van der Waals surface area contributed by atoms with E-state index in [-0.39, 0.29) is 0 Å². The molecule has 3 rings (SSSR count). The Balaban J connectivity index is 2.13. The molecule has 2 aromatic heterocycles. The van der Waals surface area contributed by atoms with E-state index in [1.165, 1.54) is 5.56 Å². The van der Waals surface area contributed by atoms with Crippen molar-refractivity contribution >= 4 is 23.7 Å². The van der Waals surface area contributed by atoms with Gasteiger partial charge in [-0.25, -0.2) is 9.78 Å². The van der Waals surface area contributed by atoms with Crippen LogP contribution < -0.4 is 4.90 Å². The Kier molecular flexibility index (Phi) is 3.90. The summed E-state index contributed by atoms with van der Waals surface area (Å²) in [4.78, 5) is 18.0. The zero-order valence-electron chi connectivity index (χ0n) is 13.6. The maximum absolute atomic E-state index is 11.4. The lowest BCUT2D eigenvalue weighted by molar-refractivity contribution is -0.132. The van der Waals surface area contributed by atoms with Gasteiger partial charge in [0.1, 0.15) is 11.6 Å². The average Bonchev–Trinajstić information content (AvgIpc) is 3.05. The lowest BCUT2D eigenvalue weighted by atomic mass is 10.1. The highest BCUT2D eigenvalue weighted by atomic mass is 16.4. The molecule has 0 saturated carbocycles. The monoisotopic (exact) mass is 312 g/mol. The van der Waals surface area contributed by atoms with Gasteiger partial charge in [-0.2, -0.15) is 5.10 Å². The van der Waals surface area contributed by atoms with Crippen molar-refractivity contribution in [3.05, 3.63) is 40.7 Å². The fraction of sp³-hybridized carbons (Fsp3) is 0.353. The first-order valence-electron chi connectivity index (χ1n) is 7.71. The molecule has 1 aliphatic heterocycles. The Bertz CT molecular complexity index is 792. The van der Waals surface area contributed by atoms with Gasteiger partial charge in [-0.3, -0.25) is 4.68 Å². The van der Waals surface area contributed by atoms with Crippen molar-refractivity contribution in [2.45, 2.75) is 26.7 Å². The number of aliphatic carboxylic acids is 1. The molecule has 0 amide bonds. The number of nitrogens with zero attached hydrogens (tertiary/aromatic N) is 4. The lowest BCUT2D eigenvalue weighted by Gasteiger charge is -2.19. The highest BCUT2D eigenvalue weighted by Crippen LogP contribution is 2.36. The number of anilines is 2. The number of hydrogen-bond acceptors (Lipinski definition) is 4. The summed E-state index contributed by atoms with van der Waals surface area (Å²) >= 11 is 0. The second kappa shape index (κ2) is 5.87. The molecule has 1 N–H and O–H groups in total. The first-order valence-corrected chi connectivity index (χ1v) is 7.71. The fourth-order valence-electron chi connectivity index (χ4n) is 3.05. The minimum atomic E-state index is -0.887. The van der Waals surface area contributed by atoms with Gasteiger partial charge in [0, 0.05) is 30.9 Å². The van der Waals surface area contributed by atoms with E-state index in [1.54, 1.807) is 17.0 Å². The molecular weight excluding hydrogens is 292 g/mol. The van der Waals surface area contributed by atoms with Crippen molar-refractivity contribution in [3.63, 3.8) is 0 Å². The van der Waals surface area contributed by atoms with Crippen molar-refractivity contribution in [1.82, 2.24) is 14.8 Å². The second-order valence-corrected chi connectivity index (χ2v) is 5.66. The number of carboxylic acids is 1. The lowest BCUT2D eigenvalue weighted by Crippen LogP contribution is -2.18. The Hall–Kier alpha value is -2.63. The zero-order chi connectivity index (χ0) is 16.6. The van der Waals surface area contributed by atoms with Crippen molar-refractivity contribution in [1.29, 1.82) is 0 Å². The SMILES string of the molecule is CC/C(=C\c1c(C)nn(C)c1N1CCc2cccnc21)C(=O)O. The van der Waals surface area contributed by atoms with Crippen molar-refractivity contribution in [3.8, 4) is 0 Å². The van der Waals surface area contributed by atoms with Gasteiger partial charge in [0.2, 0.25) is 0 Å². The molecular formula is C17H20N4O2. The van der Waals surface area contributed by atoms with Crippen LogP contribution in [0, 0.1) is 6.92 Å². The molecule has 0 spiro atoms. The Morgan fingerprint density at radius 3 is 2.96 bits per heavy atom. The van der Waals surface area contributed by atoms with Crippen LogP contribution in [-0.2, 0) is 18.3 Å². The van der Waals surface area contributed by atoms with E-state index >= 15 is 0 Å². The van der Waals surface area contributed by atoms with Gasteiger partial charge in [0.15, 0.2) is 0 Å². The number of carbonyl (C=O) groups is 1. The van der Waals surface area contributed by atoms with Crippen molar-refractivity contribution in [2.24, 2.45) is 7.05 Å². The van der Waals surface area contributed by atoms with Crippen LogP contribution in [0.15, 0.2) is 23.9 Å². The maximum atomic E-state index is 11.4. The Morgan fingerprint density at radius 1 is 1.48 bits per heavy atom. The smallest absolute Gasteiger partial charge is 0.331 e. The van der Waals surface area contributed by atoms with Gasteiger partial charge in [-0.05, 0) is 37.5 Å². The van der Waals surface area contributed by atoms with Crippen LogP contribution in [0.5, 0.6) is 0 Å². The molecule has 2 aromatic rings. The summed E-state index contributed by atoms with van der Waals surface area (Å²) in [7, 11) is 1.88. The third-order valence-corrected chi connectivity index (χ3v) is 4.19. The largest absolute Gasteiger partial charge is 0.478 e. The molecule has 6 nitrogen and oxygen atoms in total. The summed E-state index contributed by atoms with van der Waals surface area (Å²) in [5, 5.41) is 13.8. The van der Waals surface area contributed by atoms with Crippen molar-refractivity contribution in [2.75, 3.05) is 11.4 Å². The van der Waals surface area contributed by atoms with Crippen LogP contribution >= 0.6 is 0 Å². The topological polar surface area (TPSA) is 71.2 Å². The number of hydrogen-bond donors (Lipinski definition) is 1. The molecule has 3 heterocycles. The second-order valence-electron chi connectivity index (χ2n) is 5.66. The summed E-state index contributed by atoms with van der Waals surface area (Å²) < 4.78 is 1.81. The number of carboxylic acid groups (broad SMARTS) is 1. The van der Waals surface area contributed by atoms with E-state index < -0.39 is 5.97 Å². The molecule has 0 unspecified atom stereocenters. The summed E-state index contributed by atoms with van der Waals surface area (Å²) in [5.41, 5.74) is 3.25. The fourth-order valence-corrected chi connectivity index (χ4v) is 3.05. The number of rotatable bonds is 4. The van der Waals surface area contributed by atoms with Gasteiger partial charge in [-0.15, -0.1) is 0 Å². The molecule has 0 fully saturated rings. The molecule has 0 saturated heterocycles. The summed E-state index contributed by atoms with van der Waals surface area (Å²) in [6, 6.07) is 4.02. The first-order chi connectivity index (χ1) is 11.0. The molecule has 0 bridgehead atoms. The molecule has 0 aromatic carbocycles. The van der Waals surface area contributed by atoms with Crippen LogP contribution in [0.3, 0.4) is 0 Å². The molecule has 1 aliphatic rings. The third kappa shape index (κ3) is 2.60. The average molecular weight is 312 g/mol. The molecule has 120 valence electrons. The quantitative estimate of drug-likeness (QED) is 0.879. The standard InChI is InChI=1S/C17H20N4O2/c1-4-12(17(22)23)10-14-11(2)19-20(3)16(14)21-9-7-13-6-5-8-18-15(13)21/h5-6,8,10H,4,7,9H2,1-3H3,(H,22,23)/b12-10+. The van der Waals surface area contributed by atoms with Crippen LogP contribution in [0.1, 0.15) is 30.2 Å². The number of aryl methyl sites for hydroxylation is 2. The molecule has 23 heavy (non-hydrogen) atoms. The van der Waals surface area contributed by atoms with Gasteiger partial charge in [-0.1, -0.05) is 13.0 Å². The first kappa shape index (κ1) is 15.3. The highest BCUT2D eigenvalue weighted by Gasteiger charge is 2.27. The van der Waals surface area contributed by atoms with E-state index in [4.69, 9.17) is 0 Å². The molecule has 0 radical (unpaired) electrons. The summed E-state index contributed by atoms with van der Waals surface area (Å²) in [5.74, 6) is 0.937. The van der Waals surface area contributed by atoms with Crippen LogP contribution in [0.25, 0.3) is 6.08 Å². The van der Waals surface area contributed by atoms with Gasteiger partial charge in [0.05, 0.1) is 5.69 Å². The number of aromatic nitrogens is 3. The van der Waals surface area contributed by atoms with Crippen molar-refractivity contribution < 1.29 is 9.90 Å². The van der Waals surface area contributed by atoms with E-state index in [9.17, 15) is 9.90 Å². The minimum absolute atomic E-state index is 0.378. The Labute approximate surface area is 135 Å². The predicted molar refractivity (Wildman–Crippen MR) is 88.8 cm³/mol. The molecule has 6 heteroatoms. The minimum Gasteiger partial charge on any atom is -0.478 e. The molecule has 0 aliphatic carbocycles. The predicted octanol–water partition coefficient (Wildman–Crippen LogP) is 2.70. The normalized spacial score (nSPS) is 14.2. The summed E-state index contributed by atoms with van der Waals surface area (Å²) in [6.07, 6.45) is 4.92. The van der Waals surface area contributed by atoms with Crippen LogP contribution in [0.4, 0.5) is 11.6 Å². The maximum Gasteiger partial charge on any atom is 0.331 e. The van der Waals surface area contributed by atoms with Gasteiger partial charge in [0.25, 0.3) is 0 Å². The van der Waals surface area contributed by atoms with Gasteiger partial charge < -0.3 is 10.0 Å². The van der Waals surface area contributed by atoms with E-state index in [2.05, 4.69) is 21.0 Å². The van der Waals surface area contributed by atoms with E-state index in [0.717, 1.165) is 35.9 Å². The number of fused-ring (bicyclic) bond motifs is 1. The van der Waals surface area contributed by atoms with Crippen LogP contribution in [-0.4, -0.2) is 32.4 Å². The summed E-state index contributed by atoms with van der Waals surface area (Å²) in [6.45, 7) is 4.57. The third-order valence-electron chi connectivity index (χ3n) is 4.19. The highest BCUT2D eigenvalue weighted by molar-refractivity contribution is 5.93.